The Hall–Kier alpha value is -1.44. The Morgan fingerprint density at radius 2 is 1.88 bits per heavy atom. The number of fused-ring (bicyclic) bond motifs is 1. The third-order valence-corrected chi connectivity index (χ3v) is 5.96. The summed E-state index contributed by atoms with van der Waals surface area (Å²) in [4.78, 5) is 5.01. The maximum atomic E-state index is 12.3. The molecule has 2 aliphatic heterocycles. The van der Waals surface area contributed by atoms with Crippen molar-refractivity contribution < 1.29 is 8.42 Å². The number of nitrogens with one attached hydrogen (secondary N) is 1. The topological polar surface area (TPSA) is 65.0 Å². The van der Waals surface area contributed by atoms with Crippen LogP contribution in [0.25, 0.3) is 0 Å². The third kappa shape index (κ3) is 3.79. The van der Waals surface area contributed by atoms with Gasteiger partial charge in [-0.2, -0.15) is 8.42 Å². The van der Waals surface area contributed by atoms with Gasteiger partial charge in [0.25, 0.3) is 10.0 Å². The molecule has 0 bridgehead atoms. The van der Waals surface area contributed by atoms with Crippen LogP contribution in [0.2, 0.25) is 0 Å². The lowest BCUT2D eigenvalue weighted by molar-refractivity contribution is 0.142. The fourth-order valence-electron chi connectivity index (χ4n) is 3.25. The van der Waals surface area contributed by atoms with Crippen molar-refractivity contribution in [3.05, 3.63) is 24.3 Å². The second-order valence-electron chi connectivity index (χ2n) is 7.42. The Morgan fingerprint density at radius 1 is 1.12 bits per heavy atom. The molecule has 6 nitrogen and oxygen atoms in total. The summed E-state index contributed by atoms with van der Waals surface area (Å²) >= 11 is 0. The molecule has 0 atom stereocenters. The van der Waals surface area contributed by atoms with Crippen LogP contribution in [0.1, 0.15) is 27.2 Å². The summed E-state index contributed by atoms with van der Waals surface area (Å²) in [5, 5.41) is 3.18. The Bertz CT molecular complexity index is 737. The van der Waals surface area contributed by atoms with E-state index in [1.165, 1.54) is 0 Å². The summed E-state index contributed by atoms with van der Waals surface area (Å²) in [5.41, 5.74) is 0.785. The van der Waals surface area contributed by atoms with Crippen molar-refractivity contribution in [1.82, 2.24) is 9.80 Å². The average molecular weight is 350 g/mol. The predicted molar refractivity (Wildman–Crippen MR) is 97.1 cm³/mol. The molecule has 1 aromatic rings. The quantitative estimate of drug-likeness (QED) is 0.884. The molecular formula is C17H26N4O2S. The van der Waals surface area contributed by atoms with Crippen LogP contribution in [0, 0.1) is 0 Å². The maximum absolute atomic E-state index is 12.3. The van der Waals surface area contributed by atoms with Gasteiger partial charge in [-0.3, -0.25) is 9.80 Å². The molecule has 1 fully saturated rings. The number of hydrogen-bond acceptors (Lipinski definition) is 5. The predicted octanol–water partition coefficient (Wildman–Crippen LogP) is 2.01. The monoisotopic (exact) mass is 350 g/mol. The molecule has 24 heavy (non-hydrogen) atoms. The number of para-hydroxylation sites is 1. The SMILES string of the molecule is CC(C)(C)N1CCCN(CC2=NS(=O)(=O)c3ccccc3N2)CC1. The van der Waals surface area contributed by atoms with E-state index in [0.29, 0.717) is 18.1 Å². The largest absolute Gasteiger partial charge is 0.341 e. The van der Waals surface area contributed by atoms with Gasteiger partial charge in [-0.15, -0.1) is 4.40 Å². The molecule has 2 aliphatic rings. The zero-order valence-electron chi connectivity index (χ0n) is 14.6. The van der Waals surface area contributed by atoms with E-state index in [0.717, 1.165) is 32.6 Å². The normalized spacial score (nSPS) is 22.2. The Balaban J connectivity index is 1.70. The molecule has 0 aliphatic carbocycles. The fourth-order valence-corrected chi connectivity index (χ4v) is 4.39. The minimum absolute atomic E-state index is 0.166. The fraction of sp³-hybridized carbons (Fsp3) is 0.588. The van der Waals surface area contributed by atoms with Crippen molar-refractivity contribution in [2.24, 2.45) is 4.40 Å². The smallest absolute Gasteiger partial charge is 0.286 e. The number of benzene rings is 1. The Labute approximate surface area is 144 Å². The summed E-state index contributed by atoms with van der Waals surface area (Å²) in [7, 11) is -3.60. The number of rotatable bonds is 2. The van der Waals surface area contributed by atoms with E-state index in [2.05, 4.69) is 40.3 Å². The van der Waals surface area contributed by atoms with Gasteiger partial charge >= 0.3 is 0 Å². The molecule has 3 rings (SSSR count). The van der Waals surface area contributed by atoms with E-state index in [-0.39, 0.29) is 10.4 Å². The van der Waals surface area contributed by atoms with Gasteiger partial charge in [0.2, 0.25) is 0 Å². The maximum Gasteiger partial charge on any atom is 0.286 e. The lowest BCUT2D eigenvalue weighted by atomic mass is 10.1. The molecule has 0 radical (unpaired) electrons. The van der Waals surface area contributed by atoms with Gasteiger partial charge in [0, 0.05) is 18.6 Å². The summed E-state index contributed by atoms with van der Waals surface area (Å²) in [5.74, 6) is 0.512. The van der Waals surface area contributed by atoms with Crippen LogP contribution in [0.3, 0.4) is 0 Å². The van der Waals surface area contributed by atoms with Gasteiger partial charge in [0.05, 0.1) is 12.2 Å². The summed E-state index contributed by atoms with van der Waals surface area (Å²) in [6.07, 6.45) is 1.08. The first-order valence-corrected chi connectivity index (χ1v) is 9.87. The van der Waals surface area contributed by atoms with E-state index >= 15 is 0 Å². The summed E-state index contributed by atoms with van der Waals surface area (Å²) in [6, 6.07) is 6.92. The number of sulfonamides is 1. The van der Waals surface area contributed by atoms with Crippen LogP contribution in [0.5, 0.6) is 0 Å². The van der Waals surface area contributed by atoms with Crippen molar-refractivity contribution in [2.45, 2.75) is 37.6 Å². The molecule has 0 saturated carbocycles. The Morgan fingerprint density at radius 3 is 2.62 bits per heavy atom. The molecule has 0 amide bonds. The van der Waals surface area contributed by atoms with Crippen molar-refractivity contribution >= 4 is 21.5 Å². The van der Waals surface area contributed by atoms with Gasteiger partial charge in [-0.05, 0) is 52.4 Å². The minimum atomic E-state index is -3.60. The van der Waals surface area contributed by atoms with Crippen molar-refractivity contribution in [2.75, 3.05) is 38.0 Å². The van der Waals surface area contributed by atoms with Crippen molar-refractivity contribution in [1.29, 1.82) is 0 Å². The highest BCUT2D eigenvalue weighted by Gasteiger charge is 2.27. The highest BCUT2D eigenvalue weighted by molar-refractivity contribution is 7.90. The average Bonchev–Trinajstić information content (AvgIpc) is 2.72. The first-order chi connectivity index (χ1) is 11.3. The lowest BCUT2D eigenvalue weighted by Gasteiger charge is -2.34. The van der Waals surface area contributed by atoms with Gasteiger partial charge in [0.15, 0.2) is 0 Å². The minimum Gasteiger partial charge on any atom is -0.341 e. The first-order valence-electron chi connectivity index (χ1n) is 8.43. The van der Waals surface area contributed by atoms with Gasteiger partial charge in [0.1, 0.15) is 10.7 Å². The zero-order valence-corrected chi connectivity index (χ0v) is 15.4. The van der Waals surface area contributed by atoms with Crippen LogP contribution >= 0.6 is 0 Å². The molecule has 1 saturated heterocycles. The van der Waals surface area contributed by atoms with Crippen LogP contribution in [-0.2, 0) is 10.0 Å². The van der Waals surface area contributed by atoms with Crippen molar-refractivity contribution in [3.8, 4) is 0 Å². The molecular weight excluding hydrogens is 324 g/mol. The standard InChI is InChI=1S/C17H26N4O2S/c1-17(2,3)21-10-6-9-20(11-12-21)13-16-18-14-7-4-5-8-15(14)24(22,23)19-16/h4-5,7-8H,6,9-13H2,1-3H3,(H,18,19). The highest BCUT2D eigenvalue weighted by atomic mass is 32.2. The van der Waals surface area contributed by atoms with Crippen LogP contribution in [0.15, 0.2) is 33.6 Å². The summed E-state index contributed by atoms with van der Waals surface area (Å²) in [6.45, 7) is 11.2. The molecule has 0 unspecified atom stereocenters. The van der Waals surface area contributed by atoms with Gasteiger partial charge < -0.3 is 5.32 Å². The molecule has 132 valence electrons. The number of amidine groups is 1. The first kappa shape index (κ1) is 17.4. The number of anilines is 1. The van der Waals surface area contributed by atoms with Crippen LogP contribution in [0.4, 0.5) is 5.69 Å². The third-order valence-electron chi connectivity index (χ3n) is 4.58. The zero-order chi connectivity index (χ0) is 17.4. The van der Waals surface area contributed by atoms with Crippen molar-refractivity contribution in [3.63, 3.8) is 0 Å². The molecule has 0 aromatic heterocycles. The Kier molecular flexibility index (Phi) is 4.68. The number of hydrogen-bond donors (Lipinski definition) is 1. The van der Waals surface area contributed by atoms with Gasteiger partial charge in [-0.1, -0.05) is 12.1 Å². The molecule has 0 spiro atoms. The molecule has 2 heterocycles. The molecule has 1 N–H and O–H groups in total. The molecule has 1 aromatic carbocycles. The van der Waals surface area contributed by atoms with Crippen LogP contribution < -0.4 is 5.32 Å². The van der Waals surface area contributed by atoms with Gasteiger partial charge in [-0.25, -0.2) is 0 Å². The number of nitrogens with zero attached hydrogens (tertiary/aromatic N) is 3. The second kappa shape index (κ2) is 6.46. The second-order valence-corrected chi connectivity index (χ2v) is 8.99. The summed E-state index contributed by atoms with van der Waals surface area (Å²) < 4.78 is 28.6. The van der Waals surface area contributed by atoms with E-state index in [9.17, 15) is 8.42 Å². The van der Waals surface area contributed by atoms with E-state index < -0.39 is 10.0 Å². The van der Waals surface area contributed by atoms with E-state index in [4.69, 9.17) is 0 Å². The van der Waals surface area contributed by atoms with E-state index in [1.54, 1.807) is 18.2 Å². The van der Waals surface area contributed by atoms with Crippen LogP contribution in [-0.4, -0.2) is 62.3 Å². The van der Waals surface area contributed by atoms with E-state index in [1.807, 2.05) is 6.07 Å². The highest BCUT2D eigenvalue weighted by Crippen LogP contribution is 2.26. The lowest BCUT2D eigenvalue weighted by Crippen LogP contribution is -2.44. The molecule has 7 heteroatoms.